The van der Waals surface area contributed by atoms with Crippen LogP contribution in [-0.4, -0.2) is 17.9 Å². The molecule has 1 saturated heterocycles. The number of hydrogen-bond acceptors (Lipinski definition) is 2. The number of ketones is 1. The van der Waals surface area contributed by atoms with Crippen LogP contribution < -0.4 is 5.32 Å². The number of nitrogens with one attached hydrogen (secondary N) is 1. The summed E-state index contributed by atoms with van der Waals surface area (Å²) < 4.78 is 0. The Kier molecular flexibility index (Phi) is 3.31. The van der Waals surface area contributed by atoms with Crippen molar-refractivity contribution in [2.45, 2.75) is 31.7 Å². The number of carbonyl (C=O) groups excluding carboxylic acids is 1. The molecule has 1 unspecified atom stereocenters. The Morgan fingerprint density at radius 3 is 2.88 bits per heavy atom. The molecule has 1 heterocycles. The molecule has 1 aromatic rings. The summed E-state index contributed by atoms with van der Waals surface area (Å²) in [5.74, 6) is 0.148. The molecule has 3 heteroatoms. The smallest absolute Gasteiger partial charge is 0.182 e. The lowest BCUT2D eigenvalue weighted by molar-refractivity contribution is 0.0835. The zero-order valence-electron chi connectivity index (χ0n) is 9.42. The molecule has 0 amide bonds. The van der Waals surface area contributed by atoms with Gasteiger partial charge in [0.15, 0.2) is 5.78 Å². The second-order valence-corrected chi connectivity index (χ2v) is 4.99. The monoisotopic (exact) mass is 237 g/mol. The van der Waals surface area contributed by atoms with E-state index in [-0.39, 0.29) is 5.78 Å². The summed E-state index contributed by atoms with van der Waals surface area (Å²) in [5, 5.41) is 3.94. The first-order chi connectivity index (χ1) is 7.62. The van der Waals surface area contributed by atoms with Gasteiger partial charge in [-0.1, -0.05) is 23.7 Å². The Morgan fingerprint density at radius 1 is 1.44 bits per heavy atom. The molecular formula is C13H16ClNO. The van der Waals surface area contributed by atoms with Gasteiger partial charge in [-0.2, -0.15) is 0 Å². The van der Waals surface area contributed by atoms with Crippen LogP contribution >= 0.6 is 11.6 Å². The first kappa shape index (κ1) is 11.6. The number of Topliss-reactive ketones (excluding diaryl/α,β-unsaturated/α-hetero) is 1. The van der Waals surface area contributed by atoms with Crippen molar-refractivity contribution in [3.8, 4) is 0 Å². The number of halogens is 1. The van der Waals surface area contributed by atoms with E-state index in [0.29, 0.717) is 10.6 Å². The lowest BCUT2D eigenvalue weighted by atomic mass is 9.84. The van der Waals surface area contributed by atoms with Crippen LogP contribution in [0.1, 0.15) is 36.5 Å². The number of hydrogen-bond donors (Lipinski definition) is 1. The molecule has 0 aromatic heterocycles. The third kappa shape index (κ3) is 2.28. The Bertz CT molecular complexity index is 397. The quantitative estimate of drug-likeness (QED) is 0.801. The minimum atomic E-state index is -0.414. The van der Waals surface area contributed by atoms with E-state index < -0.39 is 5.54 Å². The van der Waals surface area contributed by atoms with Crippen LogP contribution in [0.4, 0.5) is 0 Å². The van der Waals surface area contributed by atoms with Gasteiger partial charge in [0.25, 0.3) is 0 Å². The summed E-state index contributed by atoms with van der Waals surface area (Å²) in [7, 11) is 0. The van der Waals surface area contributed by atoms with Crippen LogP contribution in [-0.2, 0) is 0 Å². The highest BCUT2D eigenvalue weighted by atomic mass is 35.5. The standard InChI is InChI=1S/C13H16ClNO/c1-13(7-2-3-8-15-13)12(16)10-5-4-6-11(14)9-10/h4-6,9,15H,2-3,7-8H2,1H3. The van der Waals surface area contributed by atoms with Crippen molar-refractivity contribution in [2.75, 3.05) is 6.54 Å². The van der Waals surface area contributed by atoms with Gasteiger partial charge in [-0.3, -0.25) is 4.79 Å². The highest BCUT2D eigenvalue weighted by Crippen LogP contribution is 2.24. The largest absolute Gasteiger partial charge is 0.305 e. The van der Waals surface area contributed by atoms with E-state index in [1.165, 1.54) is 0 Å². The van der Waals surface area contributed by atoms with Crippen molar-refractivity contribution >= 4 is 17.4 Å². The topological polar surface area (TPSA) is 29.1 Å². The number of piperidine rings is 1. The van der Waals surface area contributed by atoms with Gasteiger partial charge < -0.3 is 5.32 Å². The first-order valence-corrected chi connectivity index (χ1v) is 6.05. The fraction of sp³-hybridized carbons (Fsp3) is 0.462. The molecule has 86 valence electrons. The molecule has 0 spiro atoms. The number of rotatable bonds is 2. The van der Waals surface area contributed by atoms with Gasteiger partial charge in [-0.15, -0.1) is 0 Å². The Hall–Kier alpha value is -0.860. The van der Waals surface area contributed by atoms with Gasteiger partial charge in [-0.05, 0) is 44.9 Å². The fourth-order valence-electron chi connectivity index (χ4n) is 2.20. The molecule has 2 nitrogen and oxygen atoms in total. The zero-order valence-corrected chi connectivity index (χ0v) is 10.2. The maximum absolute atomic E-state index is 12.4. The van der Waals surface area contributed by atoms with E-state index in [4.69, 9.17) is 11.6 Å². The maximum Gasteiger partial charge on any atom is 0.182 e. The van der Waals surface area contributed by atoms with Crippen molar-refractivity contribution in [3.63, 3.8) is 0 Å². The van der Waals surface area contributed by atoms with E-state index in [9.17, 15) is 4.79 Å². The number of carbonyl (C=O) groups is 1. The van der Waals surface area contributed by atoms with E-state index in [1.54, 1.807) is 12.1 Å². The van der Waals surface area contributed by atoms with Crippen LogP contribution in [0.2, 0.25) is 5.02 Å². The minimum absolute atomic E-state index is 0.148. The molecule has 1 N–H and O–H groups in total. The summed E-state index contributed by atoms with van der Waals surface area (Å²) in [4.78, 5) is 12.4. The van der Waals surface area contributed by atoms with E-state index >= 15 is 0 Å². The molecule has 0 radical (unpaired) electrons. The second-order valence-electron chi connectivity index (χ2n) is 4.56. The lowest BCUT2D eigenvalue weighted by Crippen LogP contribution is -2.52. The van der Waals surface area contributed by atoms with Gasteiger partial charge in [-0.25, -0.2) is 0 Å². The molecule has 16 heavy (non-hydrogen) atoms. The summed E-state index contributed by atoms with van der Waals surface area (Å²) in [6.07, 6.45) is 3.16. The van der Waals surface area contributed by atoms with E-state index in [0.717, 1.165) is 25.8 Å². The Labute approximate surface area is 101 Å². The molecule has 1 aromatic carbocycles. The summed E-state index contributed by atoms with van der Waals surface area (Å²) in [6, 6.07) is 7.18. The molecule has 1 fully saturated rings. The predicted octanol–water partition coefficient (Wildman–Crippen LogP) is 3.05. The molecule has 0 bridgehead atoms. The minimum Gasteiger partial charge on any atom is -0.305 e. The number of benzene rings is 1. The van der Waals surface area contributed by atoms with Gasteiger partial charge in [0.05, 0.1) is 5.54 Å². The summed E-state index contributed by atoms with van der Waals surface area (Å²) in [5.41, 5.74) is 0.285. The molecule has 1 aliphatic rings. The lowest BCUT2D eigenvalue weighted by Gasteiger charge is -2.33. The molecule has 2 rings (SSSR count). The van der Waals surface area contributed by atoms with E-state index in [2.05, 4.69) is 5.32 Å². The molecule has 1 aliphatic heterocycles. The normalized spacial score (nSPS) is 25.4. The summed E-state index contributed by atoms with van der Waals surface area (Å²) >= 11 is 5.90. The molecule has 0 saturated carbocycles. The van der Waals surface area contributed by atoms with Crippen LogP contribution in [0, 0.1) is 0 Å². The SMILES string of the molecule is CC1(C(=O)c2cccc(Cl)c2)CCCCN1. The maximum atomic E-state index is 12.4. The van der Waals surface area contributed by atoms with Crippen LogP contribution in [0.15, 0.2) is 24.3 Å². The third-order valence-corrected chi connectivity index (χ3v) is 3.44. The highest BCUT2D eigenvalue weighted by Gasteiger charge is 2.34. The van der Waals surface area contributed by atoms with E-state index in [1.807, 2.05) is 19.1 Å². The van der Waals surface area contributed by atoms with Crippen molar-refractivity contribution in [2.24, 2.45) is 0 Å². The summed E-state index contributed by atoms with van der Waals surface area (Å²) in [6.45, 7) is 2.90. The van der Waals surface area contributed by atoms with Gasteiger partial charge in [0.2, 0.25) is 0 Å². The molecule has 0 aliphatic carbocycles. The Balaban J connectivity index is 2.24. The molecular weight excluding hydrogens is 222 g/mol. The third-order valence-electron chi connectivity index (χ3n) is 3.21. The second kappa shape index (κ2) is 4.56. The van der Waals surface area contributed by atoms with Gasteiger partial charge in [0, 0.05) is 10.6 Å². The van der Waals surface area contributed by atoms with Crippen LogP contribution in [0.3, 0.4) is 0 Å². The van der Waals surface area contributed by atoms with Crippen molar-refractivity contribution in [1.82, 2.24) is 5.32 Å². The average molecular weight is 238 g/mol. The Morgan fingerprint density at radius 2 is 2.25 bits per heavy atom. The molecule has 1 atom stereocenters. The first-order valence-electron chi connectivity index (χ1n) is 5.67. The van der Waals surface area contributed by atoms with Crippen molar-refractivity contribution in [3.05, 3.63) is 34.9 Å². The van der Waals surface area contributed by atoms with Gasteiger partial charge in [0.1, 0.15) is 0 Å². The van der Waals surface area contributed by atoms with Crippen molar-refractivity contribution < 1.29 is 4.79 Å². The van der Waals surface area contributed by atoms with Crippen LogP contribution in [0.25, 0.3) is 0 Å². The van der Waals surface area contributed by atoms with Crippen molar-refractivity contribution in [1.29, 1.82) is 0 Å². The highest BCUT2D eigenvalue weighted by molar-refractivity contribution is 6.31. The van der Waals surface area contributed by atoms with Crippen LogP contribution in [0.5, 0.6) is 0 Å². The average Bonchev–Trinajstić information content (AvgIpc) is 2.29. The van der Waals surface area contributed by atoms with Gasteiger partial charge >= 0.3 is 0 Å². The predicted molar refractivity (Wildman–Crippen MR) is 66.0 cm³/mol. The fourth-order valence-corrected chi connectivity index (χ4v) is 2.39. The zero-order chi connectivity index (χ0) is 11.6.